The number of ether oxygens (including phenoxy) is 14. The Hall–Kier alpha value is -1.37. The van der Waals surface area contributed by atoms with E-state index in [1.807, 2.05) is 0 Å². The van der Waals surface area contributed by atoms with Gasteiger partial charge in [-0.05, 0) is 0 Å². The van der Waals surface area contributed by atoms with Gasteiger partial charge in [-0.1, -0.05) is 15.9 Å². The Morgan fingerprint density at radius 2 is 0.575 bits per heavy atom. The molecule has 0 aromatic heterocycles. The van der Waals surface area contributed by atoms with Crippen LogP contribution in [0.4, 0.5) is 0 Å². The molecule has 0 spiro atoms. The van der Waals surface area contributed by atoms with E-state index in [1.165, 1.54) is 0 Å². The highest BCUT2D eigenvalue weighted by Gasteiger charge is 2.59. The lowest BCUT2D eigenvalue weighted by Crippen LogP contribution is -2.70. The largest absolute Gasteiger partial charge is 0.394 e. The molecule has 0 aliphatic carbocycles. The minimum atomic E-state index is -2.21. The van der Waals surface area contributed by atoms with E-state index in [0.717, 1.165) is 0 Å². The van der Waals surface area contributed by atoms with Gasteiger partial charge in [0.05, 0.1) is 57.7 Å². The third-order valence-corrected chi connectivity index (χ3v) is 15.7. The summed E-state index contributed by atoms with van der Waals surface area (Å²) < 4.78 is 81.1. The molecule has 20 N–H and O–H groups in total. The van der Waals surface area contributed by atoms with Crippen molar-refractivity contribution in [2.75, 3.05) is 51.6 Å². The van der Waals surface area contributed by atoms with E-state index < -0.39 is 273 Å². The van der Waals surface area contributed by atoms with Crippen LogP contribution in [-0.2, 0) is 71.1 Å². The van der Waals surface area contributed by atoms with Crippen molar-refractivity contribution in [1.82, 2.24) is 5.32 Å². The maximum atomic E-state index is 12.9. The predicted octanol–water partition coefficient (Wildman–Crippen LogP) is -13.7. The number of carbonyl (C=O) groups is 1. The molecule has 36 heteroatoms. The summed E-state index contributed by atoms with van der Waals surface area (Å²) in [4.78, 5) is 12.9. The van der Waals surface area contributed by atoms with Gasteiger partial charge in [-0.25, -0.2) is 0 Å². The van der Waals surface area contributed by atoms with E-state index in [-0.39, 0.29) is 0 Å². The van der Waals surface area contributed by atoms with Crippen LogP contribution < -0.4 is 5.32 Å². The minimum absolute atomic E-state index is 0.397. The zero-order valence-electron chi connectivity index (χ0n) is 42.0. The molecule has 35 nitrogen and oxygen atoms in total. The van der Waals surface area contributed by atoms with Crippen LogP contribution in [-0.4, -0.2) is 363 Å². The third-order valence-electron chi connectivity index (χ3n) is 15.2. The van der Waals surface area contributed by atoms with Gasteiger partial charge in [0.2, 0.25) is 5.91 Å². The lowest BCUT2D eigenvalue weighted by atomic mass is 9.94. The topological polar surface area (TPSA) is 543 Å². The van der Waals surface area contributed by atoms with E-state index in [2.05, 4.69) is 21.2 Å². The first kappa shape index (κ1) is 64.6. The van der Waals surface area contributed by atoms with Crippen LogP contribution in [0, 0.1) is 0 Å². The van der Waals surface area contributed by atoms with Gasteiger partial charge in [0.25, 0.3) is 0 Å². The molecule has 34 atom stereocenters. The van der Waals surface area contributed by atoms with Crippen molar-refractivity contribution in [3.05, 3.63) is 0 Å². The molecule has 21 fully saturated rings. The molecule has 80 heavy (non-hydrogen) atoms. The van der Waals surface area contributed by atoms with Crippen LogP contribution in [0.2, 0.25) is 0 Å². The van der Waals surface area contributed by atoms with Gasteiger partial charge in [-0.3, -0.25) is 4.79 Å². The van der Waals surface area contributed by atoms with Crippen LogP contribution in [0.1, 0.15) is 6.42 Å². The number of halogens is 1. The molecular weight excluding hydrogens is 1170 g/mol. The summed E-state index contributed by atoms with van der Waals surface area (Å²) in [5, 5.41) is 212. The zero-order valence-corrected chi connectivity index (χ0v) is 43.6. The number of hydrogen-bond donors (Lipinski definition) is 20. The average Bonchev–Trinajstić information content (AvgIpc) is 3.57. The first-order valence-electron chi connectivity index (χ1n) is 25.6. The van der Waals surface area contributed by atoms with Crippen molar-refractivity contribution in [2.24, 2.45) is 0 Å². The SMILES string of the molecule is O=C(CBr)NC1[C@@H]2OC(CO)[C@@H](O[C@H]3OC(CO)[C@@H](O[C@H]4OC(CO)[C@H](CC4O)O[C@H]4OC(CO)[C@H](O[C@H]5OC(CO)[C@@H](O[C@H]6OC(CO)[C@@H](O[C@H]7OC(CO)[C@@H](O2)[C@H](O)C7O)[C@H](O)C6O)[C@H](O)C5O)[C@H](O)C4O)[C@H](O)C3O)[C@@H]1O. The molecule has 0 aromatic rings. The molecule has 464 valence electrons. The molecule has 21 aliphatic heterocycles. The normalized spacial score (nSPS) is 52.7. The van der Waals surface area contributed by atoms with Crippen molar-refractivity contribution in [3.8, 4) is 0 Å². The van der Waals surface area contributed by atoms with Gasteiger partial charge in [-0.2, -0.15) is 0 Å². The van der Waals surface area contributed by atoms with Gasteiger partial charge in [-0.15, -0.1) is 0 Å². The summed E-state index contributed by atoms with van der Waals surface area (Å²) in [7, 11) is 0. The quantitative estimate of drug-likeness (QED) is 0.0953. The first-order valence-corrected chi connectivity index (χ1v) is 26.7. The second-order valence-corrected chi connectivity index (χ2v) is 20.8. The monoisotopic (exact) mass is 1240 g/mol. The summed E-state index contributed by atoms with van der Waals surface area (Å²) in [6.45, 7) is -7.01. The summed E-state index contributed by atoms with van der Waals surface area (Å²) >= 11 is 2.98. The Bertz CT molecular complexity index is 1940. The summed E-state index contributed by atoms with van der Waals surface area (Å²) in [5.41, 5.74) is 0. The van der Waals surface area contributed by atoms with E-state index in [4.69, 9.17) is 66.3 Å². The maximum absolute atomic E-state index is 12.9. The third kappa shape index (κ3) is 13.1. The molecule has 21 heterocycles. The second-order valence-electron chi connectivity index (χ2n) is 20.3. The molecule has 0 radical (unpaired) electrons. The number of carbonyl (C=O) groups excluding carboxylic acids is 1. The van der Waals surface area contributed by atoms with Crippen molar-refractivity contribution in [3.63, 3.8) is 0 Å². The van der Waals surface area contributed by atoms with Crippen LogP contribution in [0.15, 0.2) is 0 Å². The zero-order chi connectivity index (χ0) is 58.2. The second kappa shape index (κ2) is 28.0. The Kier molecular flexibility index (Phi) is 22.6. The Labute approximate surface area is 461 Å². The Morgan fingerprint density at radius 1 is 0.325 bits per heavy atom. The van der Waals surface area contributed by atoms with Crippen LogP contribution in [0.25, 0.3) is 0 Å². The predicted molar refractivity (Wildman–Crippen MR) is 247 cm³/mol. The smallest absolute Gasteiger partial charge is 0.231 e. The van der Waals surface area contributed by atoms with E-state index in [9.17, 15) is 102 Å². The highest BCUT2D eigenvalue weighted by molar-refractivity contribution is 9.09. The van der Waals surface area contributed by atoms with Crippen molar-refractivity contribution >= 4 is 21.8 Å². The van der Waals surface area contributed by atoms with Crippen LogP contribution >= 0.6 is 15.9 Å². The standard InChI is InChI=1S/C44H72BrNO34/c45-2-19(55)46-20-21(56)32-13(4-48)69-39(20)76-34-15(6-50)72-42(29(64)24(34)59)79-36-17(8-52)74-44(31(66)26(36)61)80-37-18(9-53)73-43(30(65)25(37)60)78-35-16(7-51)70-40(27(62)22(35)57)67-11-1-10(54)38(68-12(11)3-47)75-33-14(5-49)71-41(77-32)28(63)23(33)58/h10-18,20-44,47-54,56-66H,1-9H2,(H,46,55)/t10?,11-,12?,13?,14?,15?,16?,17?,18?,20?,21+,22+,23+,24+,25+,26+,27?,28?,29?,30?,31?,32+,33+,34+,35-,36+,37+,38+,39+,40-,41+,42+,43+,44+/m0/s1. The van der Waals surface area contributed by atoms with E-state index in [1.54, 1.807) is 0 Å². The van der Waals surface area contributed by atoms with Gasteiger partial charge >= 0.3 is 0 Å². The highest BCUT2D eigenvalue weighted by atomic mass is 79.9. The number of aliphatic hydroxyl groups excluding tert-OH is 19. The number of hydrogen-bond acceptors (Lipinski definition) is 34. The highest BCUT2D eigenvalue weighted by Crippen LogP contribution is 2.39. The van der Waals surface area contributed by atoms with Crippen molar-refractivity contribution < 1.29 is 168 Å². The summed E-state index contributed by atoms with van der Waals surface area (Å²) in [6, 6.07) is -1.76. The van der Waals surface area contributed by atoms with E-state index in [0.29, 0.717) is 0 Å². The number of aliphatic hydroxyl groups is 19. The summed E-state index contributed by atoms with van der Waals surface area (Å²) in [5.74, 6) is -0.825. The number of rotatable bonds is 9. The Balaban J connectivity index is 1.09. The van der Waals surface area contributed by atoms with Crippen LogP contribution in [0.5, 0.6) is 0 Å². The fourth-order valence-electron chi connectivity index (χ4n) is 10.8. The molecule has 0 saturated carbocycles. The maximum Gasteiger partial charge on any atom is 0.231 e. The molecule has 0 aromatic carbocycles. The van der Waals surface area contributed by atoms with Gasteiger partial charge < -0.3 is 169 Å². The number of alkyl halides is 1. The minimum Gasteiger partial charge on any atom is -0.394 e. The Morgan fingerprint density at radius 3 is 0.875 bits per heavy atom. The van der Waals surface area contributed by atoms with Gasteiger partial charge in [0.1, 0.15) is 159 Å². The number of nitrogens with one attached hydrogen (secondary N) is 1. The van der Waals surface area contributed by atoms with Crippen LogP contribution in [0.3, 0.4) is 0 Å². The average molecular weight is 1240 g/mol. The van der Waals surface area contributed by atoms with Gasteiger partial charge in [0, 0.05) is 6.42 Å². The fourth-order valence-corrected chi connectivity index (χ4v) is 10.9. The molecule has 21 saturated heterocycles. The molecule has 21 aliphatic rings. The first-order chi connectivity index (χ1) is 38.2. The number of amides is 1. The molecule has 21 rings (SSSR count). The fraction of sp³-hybridized carbons (Fsp3) is 0.977. The van der Waals surface area contributed by atoms with Gasteiger partial charge in [0.15, 0.2) is 44.0 Å². The van der Waals surface area contributed by atoms with E-state index >= 15 is 0 Å². The summed E-state index contributed by atoms with van der Waals surface area (Å²) in [6.07, 6.45) is -63.7. The van der Waals surface area contributed by atoms with Crippen molar-refractivity contribution in [2.45, 2.75) is 215 Å². The van der Waals surface area contributed by atoms with Crippen molar-refractivity contribution in [1.29, 1.82) is 0 Å². The lowest BCUT2D eigenvalue weighted by Gasteiger charge is -2.50. The molecule has 1 amide bonds. The molecular formula is C44H72BrNO34. The molecule has 14 unspecified atom stereocenters. The molecule has 14 bridgehead atoms. The lowest BCUT2D eigenvalue weighted by molar-refractivity contribution is -0.394.